The number of carbonyl (C=O) groups is 1. The Bertz CT molecular complexity index is 1100. The van der Waals surface area contributed by atoms with Crippen LogP contribution >= 0.6 is 0 Å². The molecule has 0 aliphatic heterocycles. The molecule has 0 atom stereocenters. The summed E-state index contributed by atoms with van der Waals surface area (Å²) in [5.74, 6) is -0.117. The van der Waals surface area contributed by atoms with E-state index in [0.717, 1.165) is 5.56 Å². The summed E-state index contributed by atoms with van der Waals surface area (Å²) in [6, 6.07) is 20.2. The average molecular weight is 368 g/mol. The van der Waals surface area contributed by atoms with Crippen LogP contribution in [0.25, 0.3) is 0 Å². The van der Waals surface area contributed by atoms with Gasteiger partial charge in [-0.2, -0.15) is 10.5 Å². The fourth-order valence-corrected chi connectivity index (χ4v) is 2.62. The summed E-state index contributed by atoms with van der Waals surface area (Å²) in [6.45, 7) is 0.514. The lowest BCUT2D eigenvalue weighted by Gasteiger charge is -2.13. The Hall–Kier alpha value is -4.36. The summed E-state index contributed by atoms with van der Waals surface area (Å²) in [6.07, 6.45) is 1.40. The van der Waals surface area contributed by atoms with Crippen LogP contribution in [0.3, 0.4) is 0 Å². The van der Waals surface area contributed by atoms with E-state index in [1.165, 1.54) is 6.20 Å². The van der Waals surface area contributed by atoms with Gasteiger partial charge in [0.15, 0.2) is 0 Å². The van der Waals surface area contributed by atoms with Gasteiger partial charge in [-0.25, -0.2) is 4.98 Å². The minimum Gasteiger partial charge on any atom is -0.380 e. The van der Waals surface area contributed by atoms with Crippen LogP contribution in [0.1, 0.15) is 27.0 Å². The first kappa shape index (κ1) is 18.4. The summed E-state index contributed by atoms with van der Waals surface area (Å²) in [4.78, 5) is 15.9. The number of hydrogen-bond donors (Lipinski definition) is 3. The van der Waals surface area contributed by atoms with Gasteiger partial charge < -0.3 is 16.4 Å². The molecule has 1 aromatic heterocycles. The zero-order valence-corrected chi connectivity index (χ0v) is 14.8. The smallest absolute Gasteiger partial charge is 0.252 e. The molecule has 28 heavy (non-hydrogen) atoms. The van der Waals surface area contributed by atoms with Crippen LogP contribution in [0.4, 0.5) is 17.2 Å². The van der Waals surface area contributed by atoms with Crippen molar-refractivity contribution in [3.8, 4) is 12.1 Å². The summed E-state index contributed by atoms with van der Waals surface area (Å²) in [7, 11) is 0. The number of pyridine rings is 1. The molecule has 3 rings (SSSR count). The number of nitriles is 2. The summed E-state index contributed by atoms with van der Waals surface area (Å²) >= 11 is 0. The normalized spacial score (nSPS) is 9.79. The molecule has 0 saturated heterocycles. The number of hydrogen-bond acceptors (Lipinski definition) is 6. The first-order valence-electron chi connectivity index (χ1n) is 8.39. The standard InChI is InChI=1S/C21H16N6O/c22-10-15-6-7-17(8-16(15)11-23)27-20-9-19(18(13-26-20)21(24)28)25-12-14-4-2-1-3-5-14/h1-9,13H,12H2,(H2,24,28)(H2,25,26,27). The number of rotatable bonds is 6. The summed E-state index contributed by atoms with van der Waals surface area (Å²) < 4.78 is 0. The Kier molecular flexibility index (Phi) is 5.49. The fourth-order valence-electron chi connectivity index (χ4n) is 2.62. The van der Waals surface area contributed by atoms with Crippen molar-refractivity contribution < 1.29 is 4.79 Å². The molecule has 0 saturated carbocycles. The highest BCUT2D eigenvalue weighted by Crippen LogP contribution is 2.23. The molecule has 4 N–H and O–H groups in total. The van der Waals surface area contributed by atoms with Crippen molar-refractivity contribution in [2.75, 3.05) is 10.6 Å². The van der Waals surface area contributed by atoms with Crippen LogP contribution in [0, 0.1) is 22.7 Å². The molecule has 0 radical (unpaired) electrons. The van der Waals surface area contributed by atoms with Crippen molar-refractivity contribution in [2.24, 2.45) is 5.73 Å². The van der Waals surface area contributed by atoms with Crippen molar-refractivity contribution in [1.82, 2.24) is 4.98 Å². The molecule has 0 aliphatic rings. The Morgan fingerprint density at radius 2 is 1.79 bits per heavy atom. The molecule has 2 aromatic carbocycles. The second kappa shape index (κ2) is 8.35. The molecule has 0 bridgehead atoms. The number of aromatic nitrogens is 1. The maximum Gasteiger partial charge on any atom is 0.252 e. The van der Waals surface area contributed by atoms with Crippen LogP contribution in [-0.4, -0.2) is 10.9 Å². The molecule has 0 aliphatic carbocycles. The van der Waals surface area contributed by atoms with E-state index >= 15 is 0 Å². The number of nitrogens with two attached hydrogens (primary N) is 1. The zero-order chi connectivity index (χ0) is 19.9. The Morgan fingerprint density at radius 1 is 1.04 bits per heavy atom. The van der Waals surface area contributed by atoms with E-state index in [1.54, 1.807) is 24.3 Å². The van der Waals surface area contributed by atoms with E-state index in [1.807, 2.05) is 42.5 Å². The van der Waals surface area contributed by atoms with E-state index < -0.39 is 5.91 Å². The molecule has 3 aromatic rings. The van der Waals surface area contributed by atoms with Crippen LogP contribution in [0.2, 0.25) is 0 Å². The van der Waals surface area contributed by atoms with Crippen molar-refractivity contribution in [1.29, 1.82) is 10.5 Å². The van der Waals surface area contributed by atoms with Gasteiger partial charge in [0, 0.05) is 24.5 Å². The molecule has 0 fully saturated rings. The van der Waals surface area contributed by atoms with Crippen molar-refractivity contribution >= 4 is 23.1 Å². The van der Waals surface area contributed by atoms with E-state index in [-0.39, 0.29) is 11.1 Å². The zero-order valence-electron chi connectivity index (χ0n) is 14.8. The molecule has 136 valence electrons. The molecular formula is C21H16N6O. The maximum absolute atomic E-state index is 11.7. The highest BCUT2D eigenvalue weighted by Gasteiger charge is 2.11. The highest BCUT2D eigenvalue weighted by atomic mass is 16.1. The van der Waals surface area contributed by atoms with E-state index in [4.69, 9.17) is 16.3 Å². The first-order chi connectivity index (χ1) is 13.6. The molecule has 0 unspecified atom stereocenters. The SMILES string of the molecule is N#Cc1ccc(Nc2cc(NCc3ccccc3)c(C(N)=O)cn2)cc1C#N. The maximum atomic E-state index is 11.7. The number of primary amides is 1. The van der Waals surface area contributed by atoms with Crippen molar-refractivity contribution in [2.45, 2.75) is 6.54 Å². The van der Waals surface area contributed by atoms with E-state index in [0.29, 0.717) is 29.3 Å². The van der Waals surface area contributed by atoms with Crippen molar-refractivity contribution in [3.63, 3.8) is 0 Å². The quantitative estimate of drug-likeness (QED) is 0.612. The van der Waals surface area contributed by atoms with Gasteiger partial charge in [0.05, 0.1) is 22.4 Å². The first-order valence-corrected chi connectivity index (χ1v) is 8.39. The van der Waals surface area contributed by atoms with Gasteiger partial charge >= 0.3 is 0 Å². The van der Waals surface area contributed by atoms with Crippen LogP contribution in [-0.2, 0) is 6.54 Å². The van der Waals surface area contributed by atoms with Crippen LogP contribution in [0.15, 0.2) is 60.8 Å². The molecule has 7 nitrogen and oxygen atoms in total. The van der Waals surface area contributed by atoms with Gasteiger partial charge in [0.1, 0.15) is 18.0 Å². The Balaban J connectivity index is 1.85. The van der Waals surface area contributed by atoms with Crippen LogP contribution < -0.4 is 16.4 Å². The van der Waals surface area contributed by atoms with Gasteiger partial charge in [0.25, 0.3) is 5.91 Å². The lowest BCUT2D eigenvalue weighted by atomic mass is 10.1. The van der Waals surface area contributed by atoms with Crippen LogP contribution in [0.5, 0.6) is 0 Å². The predicted octanol–water partition coefficient (Wildman–Crippen LogP) is 3.28. The second-order valence-electron chi connectivity index (χ2n) is 5.93. The minimum absolute atomic E-state index is 0.267. The summed E-state index contributed by atoms with van der Waals surface area (Å²) in [5.41, 5.74) is 8.49. The number of anilines is 3. The third-order valence-corrected chi connectivity index (χ3v) is 4.03. The molecule has 7 heteroatoms. The van der Waals surface area contributed by atoms with Gasteiger partial charge in [-0.3, -0.25) is 4.79 Å². The molecular weight excluding hydrogens is 352 g/mol. The lowest BCUT2D eigenvalue weighted by Crippen LogP contribution is -2.15. The van der Waals surface area contributed by atoms with Gasteiger partial charge in [-0.1, -0.05) is 30.3 Å². The van der Waals surface area contributed by atoms with Gasteiger partial charge in [0.2, 0.25) is 0 Å². The molecule has 0 spiro atoms. The molecule has 1 heterocycles. The molecule has 1 amide bonds. The number of amides is 1. The minimum atomic E-state index is -0.584. The van der Waals surface area contributed by atoms with E-state index in [9.17, 15) is 4.79 Å². The average Bonchev–Trinajstić information content (AvgIpc) is 2.72. The number of carbonyl (C=O) groups excluding carboxylic acids is 1. The Morgan fingerprint density at radius 3 is 2.46 bits per heavy atom. The Labute approximate surface area is 162 Å². The second-order valence-corrected chi connectivity index (χ2v) is 5.93. The monoisotopic (exact) mass is 368 g/mol. The number of nitrogens with zero attached hydrogens (tertiary/aromatic N) is 3. The third-order valence-electron chi connectivity index (χ3n) is 4.03. The third kappa shape index (κ3) is 4.24. The van der Waals surface area contributed by atoms with Gasteiger partial charge in [-0.05, 0) is 23.8 Å². The van der Waals surface area contributed by atoms with E-state index in [2.05, 4.69) is 15.6 Å². The highest BCUT2D eigenvalue weighted by molar-refractivity contribution is 5.98. The van der Waals surface area contributed by atoms with Crippen molar-refractivity contribution in [3.05, 3.63) is 83.0 Å². The summed E-state index contributed by atoms with van der Waals surface area (Å²) in [5, 5.41) is 24.4. The predicted molar refractivity (Wildman–Crippen MR) is 106 cm³/mol. The largest absolute Gasteiger partial charge is 0.380 e. The lowest BCUT2D eigenvalue weighted by molar-refractivity contribution is 0.100. The fraction of sp³-hybridized carbons (Fsp3) is 0.0476. The van der Waals surface area contributed by atoms with Gasteiger partial charge in [-0.15, -0.1) is 0 Å². The number of benzene rings is 2. The topological polar surface area (TPSA) is 128 Å². The number of nitrogens with one attached hydrogen (secondary N) is 2.